The second kappa shape index (κ2) is 20.2. The van der Waals surface area contributed by atoms with E-state index in [1.807, 2.05) is 36.4 Å². The van der Waals surface area contributed by atoms with Crippen LogP contribution in [0, 0.1) is 0 Å². The summed E-state index contributed by atoms with van der Waals surface area (Å²) in [5.41, 5.74) is 14.8. The van der Waals surface area contributed by atoms with Gasteiger partial charge in [-0.25, -0.2) is 9.59 Å². The first-order chi connectivity index (χ1) is 21.9. The zero-order chi connectivity index (χ0) is 32.3. The van der Waals surface area contributed by atoms with Crippen LogP contribution in [0.3, 0.4) is 0 Å². The number of fused-ring (bicyclic) bond motifs is 3. The molecule has 248 valence electrons. The van der Waals surface area contributed by atoms with Gasteiger partial charge in [0.1, 0.15) is 6.61 Å². The minimum absolute atomic E-state index is 0.000111. The molecule has 2 aromatic carbocycles. The number of carboxylic acids is 1. The van der Waals surface area contributed by atoms with Gasteiger partial charge in [0.25, 0.3) is 0 Å². The highest BCUT2D eigenvalue weighted by Gasteiger charge is 2.44. The Bertz CT molecular complexity index is 1150. The van der Waals surface area contributed by atoms with Gasteiger partial charge in [-0.2, -0.15) is 0 Å². The van der Waals surface area contributed by atoms with E-state index < -0.39 is 17.5 Å². The van der Waals surface area contributed by atoms with Gasteiger partial charge in [-0.1, -0.05) is 132 Å². The summed E-state index contributed by atoms with van der Waals surface area (Å²) in [4.78, 5) is 25.1. The van der Waals surface area contributed by atoms with E-state index in [1.165, 1.54) is 77.0 Å². The minimum atomic E-state index is -2.08. The Balaban J connectivity index is 1.26. The number of hydrogen-bond acceptors (Lipinski definition) is 5. The van der Waals surface area contributed by atoms with Crippen LogP contribution in [0.2, 0.25) is 0 Å². The Kier molecular flexibility index (Phi) is 16.4. The third-order valence-corrected chi connectivity index (χ3v) is 9.32. The van der Waals surface area contributed by atoms with Crippen molar-refractivity contribution in [2.75, 3.05) is 6.61 Å². The highest BCUT2D eigenvalue weighted by molar-refractivity contribution is 6.03. The molecule has 2 aromatic rings. The van der Waals surface area contributed by atoms with Crippen LogP contribution in [0.4, 0.5) is 0 Å². The molecule has 0 aromatic heterocycles. The maximum atomic E-state index is 13.0. The quantitative estimate of drug-likeness (QED) is 0.0468. The molecule has 0 bridgehead atoms. The van der Waals surface area contributed by atoms with E-state index in [-0.39, 0.29) is 25.0 Å². The fourth-order valence-electron chi connectivity index (χ4n) is 6.46. The third-order valence-electron chi connectivity index (χ3n) is 9.32. The van der Waals surface area contributed by atoms with Crippen molar-refractivity contribution in [3.8, 4) is 11.1 Å². The smallest absolute Gasteiger partial charge is 0.337 e. The first-order valence-electron chi connectivity index (χ1n) is 17.7. The summed E-state index contributed by atoms with van der Waals surface area (Å²) in [6.07, 6.45) is 24.5. The van der Waals surface area contributed by atoms with Crippen molar-refractivity contribution in [3.05, 3.63) is 71.8 Å². The topological polar surface area (TPSA) is 116 Å². The van der Waals surface area contributed by atoms with Crippen molar-refractivity contribution in [1.82, 2.24) is 0 Å². The first kappa shape index (κ1) is 36.5. The largest absolute Gasteiger partial charge is 0.479 e. The van der Waals surface area contributed by atoms with Crippen molar-refractivity contribution in [1.29, 1.82) is 0 Å². The van der Waals surface area contributed by atoms with Crippen LogP contribution in [-0.4, -0.2) is 35.2 Å². The Morgan fingerprint density at radius 2 is 1.27 bits per heavy atom. The molecular formula is C39H58N2O4. The number of allylic oxidation sites excluding steroid dienone is 2. The van der Waals surface area contributed by atoms with Crippen molar-refractivity contribution >= 4 is 11.9 Å². The molecule has 0 radical (unpaired) electrons. The summed E-state index contributed by atoms with van der Waals surface area (Å²) in [6.45, 7) is 2.31. The van der Waals surface area contributed by atoms with Crippen molar-refractivity contribution in [3.63, 3.8) is 0 Å². The standard InChI is InChI=1S/C39H58N2O4/c1-2-3-4-5-6-7-8-9-10-11-12-13-14-15-16-17-23-31(40)24-22-29-39(41,37(42)43)38(44)45-30-36-34-27-20-18-25-32(34)33-26-19-21-28-35(33)36/h9-10,18-21,25-28,31,36H,2-8,11-17,22-24,29-30,40-41H2,1H3,(H,42,43)/t31?,39-/m0/s1. The van der Waals surface area contributed by atoms with Gasteiger partial charge in [0.15, 0.2) is 0 Å². The van der Waals surface area contributed by atoms with Crippen LogP contribution >= 0.6 is 0 Å². The molecular weight excluding hydrogens is 560 g/mol. The monoisotopic (exact) mass is 618 g/mol. The molecule has 0 heterocycles. The summed E-state index contributed by atoms with van der Waals surface area (Å²) in [7, 11) is 0. The SMILES string of the molecule is CCCCCCCCC=CCCCCCCCCC(N)CCC[C@](N)(C(=O)O)C(=O)OCC1c2ccccc2-c2ccccc21. The number of hydrogen-bond donors (Lipinski definition) is 3. The number of aliphatic carboxylic acids is 1. The van der Waals surface area contributed by atoms with E-state index >= 15 is 0 Å². The number of carbonyl (C=O) groups is 2. The lowest BCUT2D eigenvalue weighted by molar-refractivity contribution is -0.161. The molecule has 1 aliphatic rings. The number of carboxylic acid groups (broad SMARTS) is 1. The number of benzene rings is 2. The molecule has 0 amide bonds. The van der Waals surface area contributed by atoms with Gasteiger partial charge in [0, 0.05) is 12.0 Å². The molecule has 0 fully saturated rings. The maximum absolute atomic E-state index is 13.0. The fraction of sp³-hybridized carbons (Fsp3) is 0.590. The Morgan fingerprint density at radius 1 is 0.778 bits per heavy atom. The van der Waals surface area contributed by atoms with E-state index in [9.17, 15) is 14.7 Å². The van der Waals surface area contributed by atoms with Gasteiger partial charge in [-0.3, -0.25) is 0 Å². The normalized spacial score (nSPS) is 14.6. The maximum Gasteiger partial charge on any atom is 0.337 e. The van der Waals surface area contributed by atoms with E-state index in [2.05, 4.69) is 31.2 Å². The third kappa shape index (κ3) is 11.7. The van der Waals surface area contributed by atoms with Gasteiger partial charge in [-0.15, -0.1) is 0 Å². The van der Waals surface area contributed by atoms with Crippen molar-refractivity contribution < 1.29 is 19.4 Å². The number of rotatable bonds is 24. The zero-order valence-corrected chi connectivity index (χ0v) is 27.7. The number of carbonyl (C=O) groups excluding carboxylic acids is 1. The fourth-order valence-corrected chi connectivity index (χ4v) is 6.46. The first-order valence-corrected chi connectivity index (χ1v) is 17.7. The Morgan fingerprint density at radius 3 is 1.82 bits per heavy atom. The molecule has 6 nitrogen and oxygen atoms in total. The van der Waals surface area contributed by atoms with Gasteiger partial charge >= 0.3 is 11.9 Å². The van der Waals surface area contributed by atoms with Gasteiger partial charge in [-0.05, 0) is 73.6 Å². The summed E-state index contributed by atoms with van der Waals surface area (Å²) in [5.74, 6) is -2.40. The van der Waals surface area contributed by atoms with Gasteiger partial charge in [0.05, 0.1) is 0 Å². The van der Waals surface area contributed by atoms with E-state index in [1.54, 1.807) is 0 Å². The van der Waals surface area contributed by atoms with Crippen LogP contribution in [0.1, 0.15) is 140 Å². The molecule has 5 N–H and O–H groups in total. The molecule has 3 rings (SSSR count). The predicted molar refractivity (Wildman–Crippen MR) is 185 cm³/mol. The molecule has 45 heavy (non-hydrogen) atoms. The number of nitrogens with two attached hydrogens (primary N) is 2. The highest BCUT2D eigenvalue weighted by Crippen LogP contribution is 2.44. The van der Waals surface area contributed by atoms with E-state index in [0.29, 0.717) is 12.8 Å². The lowest BCUT2D eigenvalue weighted by Crippen LogP contribution is -2.56. The summed E-state index contributed by atoms with van der Waals surface area (Å²) in [6, 6.07) is 16.0. The van der Waals surface area contributed by atoms with E-state index in [0.717, 1.165) is 41.5 Å². The number of esters is 1. The number of unbranched alkanes of at least 4 members (excludes halogenated alkanes) is 12. The number of ether oxygens (including phenoxy) is 1. The molecule has 0 saturated carbocycles. The lowest BCUT2D eigenvalue weighted by atomic mass is 9.91. The summed E-state index contributed by atoms with van der Waals surface area (Å²) < 4.78 is 5.61. The lowest BCUT2D eigenvalue weighted by Gasteiger charge is -2.24. The molecule has 6 heteroatoms. The average Bonchev–Trinajstić information content (AvgIpc) is 3.36. The van der Waals surface area contributed by atoms with Crippen molar-refractivity contribution in [2.45, 2.75) is 140 Å². The summed E-state index contributed by atoms with van der Waals surface area (Å²) in [5, 5.41) is 9.87. The minimum Gasteiger partial charge on any atom is -0.479 e. The van der Waals surface area contributed by atoms with Crippen LogP contribution < -0.4 is 11.5 Å². The van der Waals surface area contributed by atoms with Crippen LogP contribution in [0.5, 0.6) is 0 Å². The molecule has 1 aliphatic carbocycles. The van der Waals surface area contributed by atoms with Crippen LogP contribution in [0.15, 0.2) is 60.7 Å². The molecule has 0 saturated heterocycles. The second-order valence-corrected chi connectivity index (χ2v) is 13.0. The highest BCUT2D eigenvalue weighted by atomic mass is 16.5. The molecule has 1 unspecified atom stereocenters. The molecule has 0 aliphatic heterocycles. The summed E-state index contributed by atoms with van der Waals surface area (Å²) >= 11 is 0. The van der Waals surface area contributed by atoms with E-state index in [4.69, 9.17) is 16.2 Å². The average molecular weight is 619 g/mol. The Labute approximate surface area is 272 Å². The van der Waals surface area contributed by atoms with Crippen LogP contribution in [0.25, 0.3) is 11.1 Å². The molecule has 0 spiro atoms. The predicted octanol–water partition coefficient (Wildman–Crippen LogP) is 9.05. The second-order valence-electron chi connectivity index (χ2n) is 13.0. The van der Waals surface area contributed by atoms with Gasteiger partial charge < -0.3 is 21.3 Å². The van der Waals surface area contributed by atoms with Gasteiger partial charge in [0.2, 0.25) is 5.54 Å². The van der Waals surface area contributed by atoms with Crippen LogP contribution in [-0.2, 0) is 14.3 Å². The zero-order valence-electron chi connectivity index (χ0n) is 27.7. The Hall–Kier alpha value is -2.96. The molecule has 2 atom stereocenters. The van der Waals surface area contributed by atoms with Crippen molar-refractivity contribution in [2.24, 2.45) is 11.5 Å².